The maximum absolute atomic E-state index is 8.72. The predicted molar refractivity (Wildman–Crippen MR) is 212 cm³/mol. The van der Waals surface area contributed by atoms with Crippen molar-refractivity contribution in [2.45, 2.75) is 80.3 Å². The molecule has 0 atom stereocenters. The molecule has 4 aromatic heterocycles. The SMILES string of the molecule is [2H]C([2H])([2H])c1c[c-]c(-c2cc(C([2H])([2H])C(C)C)c(C([2H])([2H])[2H])cn2)cc1.[2H]C([2H])([2H])c1cnc(-c2[c-]c(C(C)(C)c3ccccc3)c3oc4cccnc4c3c2)cc1C([2H])([2H])C(C)C.[Ir]. The minimum atomic E-state index is -2.50. The average Bonchev–Trinajstić information content (AvgIpc) is 3.61. The van der Waals surface area contributed by atoms with Crippen LogP contribution in [-0.4, -0.2) is 15.0 Å². The third-order valence-electron chi connectivity index (χ3n) is 8.44. The number of fused-ring (bicyclic) bond motifs is 3. The topological polar surface area (TPSA) is 51.8 Å². The van der Waals surface area contributed by atoms with E-state index in [4.69, 9.17) is 22.2 Å². The Kier molecular flexibility index (Phi) is 7.84. The van der Waals surface area contributed by atoms with Crippen LogP contribution in [0, 0.1) is 44.5 Å². The van der Waals surface area contributed by atoms with Crippen LogP contribution in [0.3, 0.4) is 0 Å². The molecule has 0 bridgehead atoms. The molecule has 0 amide bonds. The summed E-state index contributed by atoms with van der Waals surface area (Å²) in [6, 6.07) is 29.3. The van der Waals surface area contributed by atoms with Crippen molar-refractivity contribution < 1.29 is 42.3 Å². The zero-order chi connectivity index (χ0) is 47.4. The van der Waals surface area contributed by atoms with Crippen molar-refractivity contribution in [3.05, 3.63) is 149 Å². The first-order valence-corrected chi connectivity index (χ1v) is 16.9. The van der Waals surface area contributed by atoms with Gasteiger partial charge in [0.05, 0.1) is 11.1 Å². The van der Waals surface area contributed by atoms with Gasteiger partial charge in [-0.3, -0.25) is 4.98 Å². The molecule has 0 N–H and O–H groups in total. The van der Waals surface area contributed by atoms with Crippen molar-refractivity contribution in [1.82, 2.24) is 15.0 Å². The summed E-state index contributed by atoms with van der Waals surface area (Å²) in [5.74, 6) is -0.888. The van der Waals surface area contributed by atoms with Gasteiger partial charge in [0.25, 0.3) is 0 Å². The number of benzene rings is 3. The van der Waals surface area contributed by atoms with Crippen molar-refractivity contribution in [3.63, 3.8) is 0 Å². The van der Waals surface area contributed by atoms with E-state index in [1.807, 2.05) is 36.4 Å². The molecule has 0 saturated heterocycles. The average molecular weight is 877 g/mol. The van der Waals surface area contributed by atoms with Gasteiger partial charge in [0, 0.05) is 61.9 Å². The molecule has 0 aliphatic carbocycles. The summed E-state index contributed by atoms with van der Waals surface area (Å²) in [5, 5.41) is 0.795. The summed E-state index contributed by atoms with van der Waals surface area (Å²) in [6.07, 6.45) is 0.434. The van der Waals surface area contributed by atoms with Gasteiger partial charge in [-0.05, 0) is 83.9 Å². The van der Waals surface area contributed by atoms with Crippen molar-refractivity contribution in [1.29, 1.82) is 0 Å². The molecule has 0 spiro atoms. The molecule has 0 aliphatic heterocycles. The number of pyridine rings is 3. The fourth-order valence-electron chi connectivity index (χ4n) is 5.87. The summed E-state index contributed by atoms with van der Waals surface area (Å²) in [5.41, 5.74) is 5.39. The van der Waals surface area contributed by atoms with Gasteiger partial charge in [-0.25, -0.2) is 0 Å². The Hall–Kier alpha value is -4.44. The number of aromatic nitrogens is 3. The molecule has 5 heteroatoms. The second-order valence-corrected chi connectivity index (χ2v) is 13.6. The third-order valence-corrected chi connectivity index (χ3v) is 8.44. The van der Waals surface area contributed by atoms with E-state index in [2.05, 4.69) is 53.1 Å². The molecule has 7 rings (SSSR count). The summed E-state index contributed by atoms with van der Waals surface area (Å²) in [7, 11) is 0. The molecule has 0 unspecified atom stereocenters. The van der Waals surface area contributed by atoms with E-state index in [9.17, 15) is 0 Å². The fraction of sp³-hybridized carbons (Fsp3) is 0.298. The van der Waals surface area contributed by atoms with Crippen molar-refractivity contribution in [3.8, 4) is 22.5 Å². The predicted octanol–water partition coefficient (Wildman–Crippen LogP) is 12.0. The monoisotopic (exact) mass is 877 g/mol. The Morgan fingerprint density at radius 3 is 2.00 bits per heavy atom. The summed E-state index contributed by atoms with van der Waals surface area (Å²) in [4.78, 5) is 13.2. The van der Waals surface area contributed by atoms with E-state index in [-0.39, 0.29) is 47.9 Å². The van der Waals surface area contributed by atoms with Crippen molar-refractivity contribution >= 4 is 22.1 Å². The molecule has 4 nitrogen and oxygen atoms in total. The summed E-state index contributed by atoms with van der Waals surface area (Å²) in [6.45, 7) is 3.82. The number of furan rings is 1. The van der Waals surface area contributed by atoms with Crippen LogP contribution >= 0.6 is 0 Å². The molecule has 0 saturated carbocycles. The Bertz CT molecular complexity index is 2780. The van der Waals surface area contributed by atoms with Crippen LogP contribution in [0.5, 0.6) is 0 Å². The smallest absolute Gasteiger partial charge is 0.139 e. The van der Waals surface area contributed by atoms with Crippen LogP contribution in [0.15, 0.2) is 102 Å². The summed E-state index contributed by atoms with van der Waals surface area (Å²) >= 11 is 0. The van der Waals surface area contributed by atoms with Crippen LogP contribution in [0.4, 0.5) is 0 Å². The van der Waals surface area contributed by atoms with Gasteiger partial charge >= 0.3 is 0 Å². The minimum Gasteiger partial charge on any atom is -0.498 e. The molecule has 0 fully saturated rings. The second-order valence-electron chi connectivity index (χ2n) is 13.6. The van der Waals surface area contributed by atoms with E-state index in [0.717, 1.165) is 16.5 Å². The van der Waals surface area contributed by atoms with E-state index in [1.165, 1.54) is 36.7 Å². The van der Waals surface area contributed by atoms with Gasteiger partial charge in [-0.15, -0.1) is 53.1 Å². The number of hydrogen-bond acceptors (Lipinski definition) is 4. The largest absolute Gasteiger partial charge is 0.498 e. The quantitative estimate of drug-likeness (QED) is 0.143. The van der Waals surface area contributed by atoms with Crippen LogP contribution < -0.4 is 0 Å². The maximum Gasteiger partial charge on any atom is 0.139 e. The Morgan fingerprint density at radius 1 is 0.769 bits per heavy atom. The first-order chi connectivity index (χ1) is 29.6. The van der Waals surface area contributed by atoms with Crippen LogP contribution in [0.2, 0.25) is 0 Å². The normalized spacial score (nSPS) is 16.5. The first-order valence-electron chi connectivity index (χ1n) is 23.4. The van der Waals surface area contributed by atoms with E-state index >= 15 is 0 Å². The van der Waals surface area contributed by atoms with Crippen LogP contribution in [0.1, 0.15) is 98.3 Å². The first kappa shape index (κ1) is 24.7. The van der Waals surface area contributed by atoms with Crippen LogP contribution in [-0.2, 0) is 38.3 Å². The molecule has 7 aromatic rings. The Labute approximate surface area is 341 Å². The Morgan fingerprint density at radius 2 is 1.42 bits per heavy atom. The second kappa shape index (κ2) is 16.5. The summed E-state index contributed by atoms with van der Waals surface area (Å²) < 4.78 is 110. The molecule has 52 heavy (non-hydrogen) atoms. The number of aryl methyl sites for hydroxylation is 3. The van der Waals surface area contributed by atoms with Gasteiger partial charge in [0.15, 0.2) is 0 Å². The molecule has 1 radical (unpaired) electrons. The van der Waals surface area contributed by atoms with E-state index in [0.29, 0.717) is 39.2 Å². The number of hydrogen-bond donors (Lipinski definition) is 0. The molecule has 0 aliphatic rings. The van der Waals surface area contributed by atoms with Gasteiger partial charge in [-0.1, -0.05) is 108 Å². The van der Waals surface area contributed by atoms with Gasteiger partial charge in [-0.2, -0.15) is 0 Å². The Balaban J connectivity index is 0.000000259. The zero-order valence-electron chi connectivity index (χ0n) is 43.0. The molecular formula is C47H49IrN3O-2. The van der Waals surface area contributed by atoms with Crippen LogP contribution in [0.25, 0.3) is 44.6 Å². The third kappa shape index (κ3) is 8.60. The number of nitrogens with zero attached hydrogens (tertiary/aromatic N) is 3. The molecule has 4 heterocycles. The molecule has 3 aromatic carbocycles. The van der Waals surface area contributed by atoms with Crippen molar-refractivity contribution in [2.75, 3.05) is 0 Å². The number of rotatable bonds is 8. The standard InChI is InChI=1S/C30H29N2O.C17H20N.Ir/c1-19(2)14-21-17-26(32-18-20(21)3)22-15-24-28-27(12-9-13-31-28)33-29(24)25(16-22)30(4,5)23-10-7-6-8-11-23;1-12(2)9-16-10-17(18-11-14(16)4)15-7-5-13(3)6-8-15;/h6-13,15,17-19H,14H2,1-5H3;5-7,10-12H,9H2,1-4H3;/q2*-1;/i3D3,14D2;3D3,4D3,9D2;. The maximum atomic E-state index is 8.72. The van der Waals surface area contributed by atoms with Gasteiger partial charge < -0.3 is 14.4 Å². The minimum absolute atomic E-state index is 0. The molecular weight excluding hydrogens is 815 g/mol. The fourth-order valence-corrected chi connectivity index (χ4v) is 5.87. The van der Waals surface area contributed by atoms with E-state index in [1.54, 1.807) is 40.0 Å². The zero-order valence-corrected chi connectivity index (χ0v) is 32.4. The van der Waals surface area contributed by atoms with Gasteiger partial charge in [0.2, 0.25) is 0 Å². The van der Waals surface area contributed by atoms with Crippen molar-refractivity contribution in [2.24, 2.45) is 11.8 Å². The molecule has 269 valence electrons. The van der Waals surface area contributed by atoms with Gasteiger partial charge in [0.1, 0.15) is 5.58 Å². The van der Waals surface area contributed by atoms with E-state index < -0.39 is 50.6 Å².